The van der Waals surface area contributed by atoms with E-state index in [0.717, 1.165) is 0 Å². The minimum absolute atomic E-state index is 0.0961. The Morgan fingerprint density at radius 1 is 1.21 bits per heavy atom. The van der Waals surface area contributed by atoms with Crippen LogP contribution in [0.1, 0.15) is 13.3 Å². The minimum atomic E-state index is -0.178. The summed E-state index contributed by atoms with van der Waals surface area (Å²) >= 11 is 0. The Kier molecular flexibility index (Phi) is 2.08. The molecule has 0 radical (unpaired) electrons. The molecule has 0 spiro atoms. The average molecular weight is 189 g/mol. The van der Waals surface area contributed by atoms with Crippen LogP contribution in [0.3, 0.4) is 0 Å². The van der Waals surface area contributed by atoms with Crippen LogP contribution < -0.4 is 4.90 Å². The minimum Gasteiger partial charge on any atom is -0.274 e. The first-order chi connectivity index (χ1) is 6.70. The number of carbonyl (C=O) groups excluding carboxylic acids is 2. The summed E-state index contributed by atoms with van der Waals surface area (Å²) in [6.45, 7) is 1.78. The van der Waals surface area contributed by atoms with E-state index in [9.17, 15) is 9.59 Å². The Labute approximate surface area is 82.3 Å². The van der Waals surface area contributed by atoms with Gasteiger partial charge in [-0.1, -0.05) is 25.1 Å². The third-order valence-corrected chi connectivity index (χ3v) is 2.39. The van der Waals surface area contributed by atoms with Crippen molar-refractivity contribution in [2.24, 2.45) is 5.92 Å². The second-order valence-corrected chi connectivity index (χ2v) is 3.51. The predicted molar refractivity (Wildman–Crippen MR) is 52.7 cm³/mol. The Balaban J connectivity index is 2.36. The summed E-state index contributed by atoms with van der Waals surface area (Å²) < 4.78 is 0. The number of rotatable bonds is 1. The number of imide groups is 1. The number of hydrogen-bond donors (Lipinski definition) is 0. The van der Waals surface area contributed by atoms with Gasteiger partial charge in [0.2, 0.25) is 11.8 Å². The molecule has 0 aliphatic carbocycles. The summed E-state index contributed by atoms with van der Waals surface area (Å²) in [5.74, 6) is -0.377. The topological polar surface area (TPSA) is 37.4 Å². The van der Waals surface area contributed by atoms with E-state index in [1.807, 2.05) is 18.2 Å². The number of nitrogens with zero attached hydrogens (tertiary/aromatic N) is 1. The zero-order valence-electron chi connectivity index (χ0n) is 7.93. The van der Waals surface area contributed by atoms with Gasteiger partial charge in [0, 0.05) is 12.3 Å². The van der Waals surface area contributed by atoms with E-state index in [1.54, 1.807) is 19.1 Å². The maximum Gasteiger partial charge on any atom is 0.237 e. The van der Waals surface area contributed by atoms with Gasteiger partial charge in [-0.15, -0.1) is 0 Å². The fourth-order valence-electron chi connectivity index (χ4n) is 1.63. The highest BCUT2D eigenvalue weighted by molar-refractivity contribution is 6.20. The monoisotopic (exact) mass is 189 g/mol. The molecule has 1 saturated heterocycles. The smallest absolute Gasteiger partial charge is 0.237 e. The van der Waals surface area contributed by atoms with Gasteiger partial charge in [-0.25, -0.2) is 0 Å². The summed E-state index contributed by atoms with van der Waals surface area (Å²) in [6, 6.07) is 9.04. The molecule has 2 rings (SSSR count). The molecule has 1 fully saturated rings. The molecule has 0 N–H and O–H groups in total. The lowest BCUT2D eigenvalue weighted by atomic mass is 10.1. The van der Waals surface area contributed by atoms with Crippen molar-refractivity contribution < 1.29 is 9.59 Å². The molecule has 2 amide bonds. The maximum atomic E-state index is 11.6. The average Bonchev–Trinajstić information content (AvgIpc) is 2.43. The maximum absolute atomic E-state index is 11.6. The molecule has 1 aliphatic rings. The summed E-state index contributed by atoms with van der Waals surface area (Å²) in [6.07, 6.45) is 0.327. The Hall–Kier alpha value is -1.64. The van der Waals surface area contributed by atoms with Crippen molar-refractivity contribution in [1.29, 1.82) is 0 Å². The molecule has 3 nitrogen and oxygen atoms in total. The quantitative estimate of drug-likeness (QED) is 0.629. The van der Waals surface area contributed by atoms with E-state index in [2.05, 4.69) is 0 Å². The molecule has 14 heavy (non-hydrogen) atoms. The number of benzene rings is 1. The highest BCUT2D eigenvalue weighted by atomic mass is 16.2. The molecule has 0 aromatic heterocycles. The fraction of sp³-hybridized carbons (Fsp3) is 0.273. The number of carbonyl (C=O) groups is 2. The van der Waals surface area contributed by atoms with E-state index < -0.39 is 0 Å². The number of amides is 2. The summed E-state index contributed by atoms with van der Waals surface area (Å²) in [5, 5.41) is 0. The van der Waals surface area contributed by atoms with Crippen LogP contribution in [0.4, 0.5) is 5.69 Å². The summed E-state index contributed by atoms with van der Waals surface area (Å²) in [5.41, 5.74) is 0.673. The lowest BCUT2D eigenvalue weighted by molar-refractivity contribution is -0.122. The molecule has 1 atom stereocenters. The van der Waals surface area contributed by atoms with Crippen LogP contribution in [0.15, 0.2) is 30.3 Å². The van der Waals surface area contributed by atoms with Crippen LogP contribution >= 0.6 is 0 Å². The SMILES string of the molecule is C[C@@H]1CC(=O)N(c2ccccc2)C1=O. The second-order valence-electron chi connectivity index (χ2n) is 3.51. The third-order valence-electron chi connectivity index (χ3n) is 2.39. The molecule has 1 aromatic rings. The van der Waals surface area contributed by atoms with Gasteiger partial charge in [0.1, 0.15) is 0 Å². The Bertz CT molecular complexity index is 372. The van der Waals surface area contributed by atoms with Gasteiger partial charge in [0.25, 0.3) is 0 Å². The number of para-hydroxylation sites is 1. The van der Waals surface area contributed by atoms with Crippen molar-refractivity contribution in [2.45, 2.75) is 13.3 Å². The highest BCUT2D eigenvalue weighted by Crippen LogP contribution is 2.25. The molecule has 0 saturated carbocycles. The van der Waals surface area contributed by atoms with E-state index >= 15 is 0 Å². The predicted octanol–water partition coefficient (Wildman–Crippen LogP) is 1.59. The van der Waals surface area contributed by atoms with Crippen LogP contribution in [-0.4, -0.2) is 11.8 Å². The molecular weight excluding hydrogens is 178 g/mol. The molecule has 0 unspecified atom stereocenters. The van der Waals surface area contributed by atoms with Crippen LogP contribution in [-0.2, 0) is 9.59 Å². The van der Waals surface area contributed by atoms with Crippen LogP contribution in [0, 0.1) is 5.92 Å². The Morgan fingerprint density at radius 3 is 2.36 bits per heavy atom. The largest absolute Gasteiger partial charge is 0.274 e. The zero-order valence-corrected chi connectivity index (χ0v) is 7.93. The van der Waals surface area contributed by atoms with E-state index in [-0.39, 0.29) is 17.7 Å². The van der Waals surface area contributed by atoms with Crippen molar-refractivity contribution in [3.05, 3.63) is 30.3 Å². The van der Waals surface area contributed by atoms with Gasteiger partial charge in [-0.05, 0) is 12.1 Å². The molecular formula is C11H11NO2. The first kappa shape index (κ1) is 8.94. The lowest BCUT2D eigenvalue weighted by Gasteiger charge is -2.13. The zero-order chi connectivity index (χ0) is 10.1. The number of hydrogen-bond acceptors (Lipinski definition) is 2. The van der Waals surface area contributed by atoms with Gasteiger partial charge in [0.15, 0.2) is 0 Å². The van der Waals surface area contributed by atoms with Crippen molar-refractivity contribution in [2.75, 3.05) is 4.90 Å². The van der Waals surface area contributed by atoms with E-state index in [4.69, 9.17) is 0 Å². The molecule has 72 valence electrons. The normalized spacial score (nSPS) is 21.8. The first-order valence-corrected chi connectivity index (χ1v) is 4.62. The van der Waals surface area contributed by atoms with Crippen molar-refractivity contribution in [3.8, 4) is 0 Å². The molecule has 1 aliphatic heterocycles. The van der Waals surface area contributed by atoms with Gasteiger partial charge in [-0.2, -0.15) is 0 Å². The molecule has 3 heteroatoms. The highest BCUT2D eigenvalue weighted by Gasteiger charge is 2.36. The van der Waals surface area contributed by atoms with Crippen molar-refractivity contribution in [1.82, 2.24) is 0 Å². The van der Waals surface area contributed by atoms with Gasteiger partial charge >= 0.3 is 0 Å². The van der Waals surface area contributed by atoms with E-state index in [1.165, 1.54) is 4.90 Å². The standard InChI is InChI=1S/C11H11NO2/c1-8-7-10(13)12(11(8)14)9-5-3-2-4-6-9/h2-6,8H,7H2,1H3/t8-/m1/s1. The van der Waals surface area contributed by atoms with E-state index in [0.29, 0.717) is 12.1 Å². The fourth-order valence-corrected chi connectivity index (χ4v) is 1.63. The van der Waals surface area contributed by atoms with Gasteiger partial charge < -0.3 is 0 Å². The van der Waals surface area contributed by atoms with Crippen LogP contribution in [0.25, 0.3) is 0 Å². The lowest BCUT2D eigenvalue weighted by Crippen LogP contribution is -2.29. The Morgan fingerprint density at radius 2 is 1.86 bits per heavy atom. The van der Waals surface area contributed by atoms with Gasteiger partial charge in [0.05, 0.1) is 5.69 Å². The van der Waals surface area contributed by atoms with Crippen LogP contribution in [0.2, 0.25) is 0 Å². The molecule has 1 heterocycles. The van der Waals surface area contributed by atoms with Crippen molar-refractivity contribution >= 4 is 17.5 Å². The van der Waals surface area contributed by atoms with Gasteiger partial charge in [-0.3, -0.25) is 14.5 Å². The summed E-state index contributed by atoms with van der Waals surface area (Å²) in [4.78, 5) is 24.4. The third kappa shape index (κ3) is 1.31. The number of anilines is 1. The molecule has 1 aromatic carbocycles. The first-order valence-electron chi connectivity index (χ1n) is 4.62. The molecule has 0 bridgehead atoms. The van der Waals surface area contributed by atoms with Crippen LogP contribution in [0.5, 0.6) is 0 Å². The summed E-state index contributed by atoms with van der Waals surface area (Å²) in [7, 11) is 0. The van der Waals surface area contributed by atoms with Crippen molar-refractivity contribution in [3.63, 3.8) is 0 Å². The second kappa shape index (κ2) is 3.25.